The summed E-state index contributed by atoms with van der Waals surface area (Å²) in [5, 5.41) is 10.2. The van der Waals surface area contributed by atoms with Crippen molar-refractivity contribution in [2.24, 2.45) is 11.8 Å². The Morgan fingerprint density at radius 1 is 1.03 bits per heavy atom. The van der Waals surface area contributed by atoms with Crippen LogP contribution in [0.3, 0.4) is 0 Å². The predicted molar refractivity (Wildman–Crippen MR) is 149 cm³/mol. The fraction of sp³-hybridized carbons (Fsp3) is 0.516. The Bertz CT molecular complexity index is 1220. The summed E-state index contributed by atoms with van der Waals surface area (Å²) in [7, 11) is 0. The number of carbonyl (C=O) groups is 3. The lowest BCUT2D eigenvalue weighted by Crippen LogP contribution is -2.34. The van der Waals surface area contributed by atoms with Gasteiger partial charge in [-0.15, -0.1) is 0 Å². The summed E-state index contributed by atoms with van der Waals surface area (Å²) in [6.45, 7) is 4.32. The number of carboxylic acids is 1. The molecule has 39 heavy (non-hydrogen) atoms. The molecule has 1 heterocycles. The van der Waals surface area contributed by atoms with Gasteiger partial charge in [0.05, 0.1) is 12.5 Å². The molecule has 208 valence electrons. The maximum absolute atomic E-state index is 11.8. The minimum absolute atomic E-state index is 0.122. The molecule has 2 aromatic rings. The number of hydrogen-bond acceptors (Lipinski definition) is 5. The quantitative estimate of drug-likeness (QED) is 0.388. The van der Waals surface area contributed by atoms with Gasteiger partial charge in [-0.3, -0.25) is 24.2 Å². The van der Waals surface area contributed by atoms with Crippen LogP contribution in [0.4, 0.5) is 0 Å². The van der Waals surface area contributed by atoms with Gasteiger partial charge in [0.1, 0.15) is 12.4 Å². The molecule has 5 rings (SSSR count). The molecule has 2 amide bonds. The number of fused-ring (bicyclic) bond motifs is 1. The van der Waals surface area contributed by atoms with Crippen LogP contribution in [0.5, 0.6) is 5.75 Å². The molecule has 0 bridgehead atoms. The second-order valence-electron chi connectivity index (χ2n) is 11.3. The summed E-state index contributed by atoms with van der Waals surface area (Å²) >= 11 is 6.29. The molecule has 1 aliphatic heterocycles. The largest absolute Gasteiger partial charge is 0.491 e. The van der Waals surface area contributed by atoms with Crippen molar-refractivity contribution in [2.75, 3.05) is 19.7 Å². The van der Waals surface area contributed by atoms with Crippen molar-refractivity contribution in [3.8, 4) is 5.75 Å². The summed E-state index contributed by atoms with van der Waals surface area (Å²) in [6.07, 6.45) is 6.05. The molecule has 0 unspecified atom stereocenters. The van der Waals surface area contributed by atoms with E-state index in [2.05, 4.69) is 29.2 Å². The van der Waals surface area contributed by atoms with E-state index in [4.69, 9.17) is 16.3 Å². The van der Waals surface area contributed by atoms with E-state index in [-0.39, 0.29) is 30.9 Å². The highest BCUT2D eigenvalue weighted by atomic mass is 35.5. The van der Waals surface area contributed by atoms with Crippen LogP contribution >= 0.6 is 11.6 Å². The number of hydrogen-bond donors (Lipinski definition) is 1. The van der Waals surface area contributed by atoms with Crippen molar-refractivity contribution in [2.45, 2.75) is 70.9 Å². The molecule has 2 fully saturated rings. The molecular formula is C31H37ClN2O5. The lowest BCUT2D eigenvalue weighted by atomic mass is 9.81. The number of rotatable bonds is 10. The Balaban J connectivity index is 1.27. The number of likely N-dealkylation sites (tertiary alicyclic amines) is 1. The van der Waals surface area contributed by atoms with Crippen LogP contribution in [0.25, 0.3) is 0 Å². The van der Waals surface area contributed by atoms with Gasteiger partial charge in [-0.05, 0) is 91.8 Å². The molecule has 0 spiro atoms. The highest BCUT2D eigenvalue weighted by Gasteiger charge is 2.33. The zero-order chi connectivity index (χ0) is 27.5. The first-order valence-corrected chi connectivity index (χ1v) is 14.5. The highest BCUT2D eigenvalue weighted by molar-refractivity contribution is 6.30. The lowest BCUT2D eigenvalue weighted by Gasteiger charge is -2.35. The van der Waals surface area contributed by atoms with E-state index in [0.29, 0.717) is 24.8 Å². The van der Waals surface area contributed by atoms with Crippen LogP contribution in [0.1, 0.15) is 73.2 Å². The maximum atomic E-state index is 11.8. The summed E-state index contributed by atoms with van der Waals surface area (Å²) in [5.74, 6) is 0.129. The first kappa shape index (κ1) is 27.7. The van der Waals surface area contributed by atoms with E-state index >= 15 is 0 Å². The van der Waals surface area contributed by atoms with E-state index in [1.807, 2.05) is 19.1 Å². The SMILES string of the molecule is Cc1cc(CN(CC2CCC(C(=O)O)CC2)[C@@H]2CCc3cc(Cl)ccc32)ccc1OCCN1C(=O)CCC1=O. The Morgan fingerprint density at radius 2 is 1.77 bits per heavy atom. The van der Waals surface area contributed by atoms with Gasteiger partial charge >= 0.3 is 5.97 Å². The van der Waals surface area contributed by atoms with Gasteiger partial charge in [0.2, 0.25) is 11.8 Å². The van der Waals surface area contributed by atoms with Gasteiger partial charge in [-0.1, -0.05) is 29.8 Å². The number of aliphatic carboxylic acids is 1. The highest BCUT2D eigenvalue weighted by Crippen LogP contribution is 2.40. The Hall–Kier alpha value is -2.90. The average molecular weight is 553 g/mol. The van der Waals surface area contributed by atoms with Crippen molar-refractivity contribution >= 4 is 29.4 Å². The molecule has 1 atom stereocenters. The number of nitrogens with zero attached hydrogens (tertiary/aromatic N) is 2. The Morgan fingerprint density at radius 3 is 2.46 bits per heavy atom. The van der Waals surface area contributed by atoms with Crippen molar-refractivity contribution in [3.05, 3.63) is 63.7 Å². The van der Waals surface area contributed by atoms with E-state index in [1.165, 1.54) is 21.6 Å². The third kappa shape index (κ3) is 6.47. The summed E-state index contributed by atoms with van der Waals surface area (Å²) in [5.41, 5.74) is 4.89. The van der Waals surface area contributed by atoms with Gasteiger partial charge < -0.3 is 9.84 Å². The van der Waals surface area contributed by atoms with Crippen LogP contribution in [-0.4, -0.2) is 52.4 Å². The number of halogens is 1. The fourth-order valence-corrected chi connectivity index (χ4v) is 6.69. The molecule has 0 aromatic heterocycles. The van der Waals surface area contributed by atoms with E-state index < -0.39 is 5.97 Å². The molecule has 1 saturated carbocycles. The molecular weight excluding hydrogens is 516 g/mol. The summed E-state index contributed by atoms with van der Waals surface area (Å²) in [6, 6.07) is 12.8. The van der Waals surface area contributed by atoms with Crippen LogP contribution in [0, 0.1) is 18.8 Å². The normalized spacial score (nSPS) is 22.9. The molecule has 3 aliphatic rings. The van der Waals surface area contributed by atoms with E-state index in [0.717, 1.165) is 68.0 Å². The number of ether oxygens (including phenoxy) is 1. The predicted octanol–water partition coefficient (Wildman–Crippen LogP) is 5.56. The standard InChI is InChI=1S/C31H37ClN2O5/c1-20-16-22(4-11-28(20)39-15-14-34-29(35)12-13-30(34)36)19-33(18-21-2-5-23(6-3-21)31(37)38)27-10-7-24-17-25(32)8-9-26(24)27/h4,8-9,11,16-17,21,23,27H,2-3,5-7,10,12-15,18-19H2,1H3,(H,37,38)/t21?,23?,27-/m1/s1. The van der Waals surface area contributed by atoms with Gasteiger partial charge in [0.25, 0.3) is 0 Å². The average Bonchev–Trinajstić information content (AvgIpc) is 3.47. The first-order valence-electron chi connectivity index (χ1n) is 14.1. The van der Waals surface area contributed by atoms with Gasteiger partial charge in [0, 0.05) is 37.0 Å². The summed E-state index contributed by atoms with van der Waals surface area (Å²) < 4.78 is 5.94. The second kappa shape index (κ2) is 12.1. The van der Waals surface area contributed by atoms with Gasteiger partial charge in [-0.25, -0.2) is 0 Å². The van der Waals surface area contributed by atoms with Crippen molar-refractivity contribution < 1.29 is 24.2 Å². The van der Waals surface area contributed by atoms with Gasteiger partial charge in [-0.2, -0.15) is 0 Å². The number of benzene rings is 2. The molecule has 2 aromatic carbocycles. The Kier molecular flexibility index (Phi) is 8.57. The minimum atomic E-state index is -0.664. The van der Waals surface area contributed by atoms with Gasteiger partial charge in [0.15, 0.2) is 0 Å². The van der Waals surface area contributed by atoms with Crippen molar-refractivity contribution in [1.82, 2.24) is 9.80 Å². The number of imide groups is 1. The van der Waals surface area contributed by atoms with Crippen LogP contribution in [-0.2, 0) is 27.3 Å². The fourth-order valence-electron chi connectivity index (χ4n) is 6.49. The van der Waals surface area contributed by atoms with Crippen molar-refractivity contribution in [3.63, 3.8) is 0 Å². The first-order chi connectivity index (χ1) is 18.8. The van der Waals surface area contributed by atoms with Crippen LogP contribution in [0.2, 0.25) is 5.02 Å². The van der Waals surface area contributed by atoms with E-state index in [1.54, 1.807) is 0 Å². The number of carbonyl (C=O) groups excluding carboxylic acids is 2. The monoisotopic (exact) mass is 552 g/mol. The molecule has 2 aliphatic carbocycles. The van der Waals surface area contributed by atoms with E-state index in [9.17, 15) is 19.5 Å². The second-order valence-corrected chi connectivity index (χ2v) is 11.7. The molecule has 1 saturated heterocycles. The zero-order valence-electron chi connectivity index (χ0n) is 22.5. The maximum Gasteiger partial charge on any atom is 0.306 e. The molecule has 8 heteroatoms. The molecule has 1 N–H and O–H groups in total. The number of amides is 2. The third-order valence-electron chi connectivity index (χ3n) is 8.63. The Labute approximate surface area is 235 Å². The molecule has 0 radical (unpaired) electrons. The minimum Gasteiger partial charge on any atom is -0.491 e. The lowest BCUT2D eigenvalue weighted by molar-refractivity contribution is -0.143. The number of carboxylic acid groups (broad SMARTS) is 1. The smallest absolute Gasteiger partial charge is 0.306 e. The van der Waals surface area contributed by atoms with Crippen LogP contribution < -0.4 is 4.74 Å². The number of aryl methyl sites for hydroxylation is 2. The summed E-state index contributed by atoms with van der Waals surface area (Å²) in [4.78, 5) is 39.0. The zero-order valence-corrected chi connectivity index (χ0v) is 23.3. The molecule has 7 nitrogen and oxygen atoms in total. The van der Waals surface area contributed by atoms with Crippen molar-refractivity contribution in [1.29, 1.82) is 0 Å². The van der Waals surface area contributed by atoms with Crippen LogP contribution in [0.15, 0.2) is 36.4 Å². The topological polar surface area (TPSA) is 87.2 Å². The third-order valence-corrected chi connectivity index (χ3v) is 8.87.